The van der Waals surface area contributed by atoms with E-state index in [1.54, 1.807) is 11.3 Å². The lowest BCUT2D eigenvalue weighted by molar-refractivity contribution is 0.375. The van der Waals surface area contributed by atoms with Gasteiger partial charge in [-0.05, 0) is 41.8 Å². The van der Waals surface area contributed by atoms with E-state index >= 15 is 0 Å². The molecule has 0 N–H and O–H groups in total. The number of aromatic nitrogens is 1. The van der Waals surface area contributed by atoms with Crippen molar-refractivity contribution in [1.29, 1.82) is 0 Å². The summed E-state index contributed by atoms with van der Waals surface area (Å²) in [6.07, 6.45) is 5.46. The van der Waals surface area contributed by atoms with E-state index in [-0.39, 0.29) is 0 Å². The van der Waals surface area contributed by atoms with Gasteiger partial charge in [0.05, 0.1) is 11.0 Å². The van der Waals surface area contributed by atoms with Crippen LogP contribution in [0.3, 0.4) is 0 Å². The van der Waals surface area contributed by atoms with Crippen LogP contribution in [0.2, 0.25) is 0 Å². The van der Waals surface area contributed by atoms with Crippen LogP contribution in [0.4, 0.5) is 0 Å². The second-order valence-electron chi connectivity index (χ2n) is 7.27. The van der Waals surface area contributed by atoms with Crippen LogP contribution in [0.1, 0.15) is 48.8 Å². The van der Waals surface area contributed by atoms with Gasteiger partial charge in [0.15, 0.2) is 0 Å². The van der Waals surface area contributed by atoms with Crippen LogP contribution in [0.15, 0.2) is 54.6 Å². The second-order valence-corrected chi connectivity index (χ2v) is 7.27. The van der Waals surface area contributed by atoms with Gasteiger partial charge < -0.3 is 4.40 Å². The third-order valence-corrected chi connectivity index (χ3v) is 6.24. The zero-order valence-electron chi connectivity index (χ0n) is 13.1. The SMILES string of the molecule is c1ccc2c(c1)c1cccc3c1n1c(ccc21)C1CCCCC31. The molecule has 0 saturated heterocycles. The maximum Gasteiger partial charge on any atom is 0.0572 e. The summed E-state index contributed by atoms with van der Waals surface area (Å²) in [6, 6.07) is 20.6. The first kappa shape index (κ1) is 12.2. The van der Waals surface area contributed by atoms with E-state index in [1.807, 2.05) is 0 Å². The molecule has 0 spiro atoms. The van der Waals surface area contributed by atoms with Crippen molar-refractivity contribution >= 4 is 27.2 Å². The number of fused-ring (bicyclic) bond motifs is 6. The predicted molar refractivity (Wildman–Crippen MR) is 96.4 cm³/mol. The van der Waals surface area contributed by atoms with Crippen molar-refractivity contribution in [1.82, 2.24) is 4.40 Å². The Morgan fingerprint density at radius 3 is 2.39 bits per heavy atom. The zero-order valence-corrected chi connectivity index (χ0v) is 13.1. The standard InChI is InChI=1S/C22H19N/c1-3-8-16-14(6-1)18-10-5-11-19-15-7-2-4-9-17(15)21-13-12-20(16)23(21)22(18)19/h1,3,5-6,8,10-13,15,17H,2,4,7,9H2. The highest BCUT2D eigenvalue weighted by molar-refractivity contribution is 6.13. The largest absolute Gasteiger partial charge is 0.312 e. The Morgan fingerprint density at radius 2 is 1.48 bits per heavy atom. The molecule has 112 valence electrons. The van der Waals surface area contributed by atoms with Gasteiger partial charge >= 0.3 is 0 Å². The molecule has 1 fully saturated rings. The lowest BCUT2D eigenvalue weighted by atomic mass is 9.72. The summed E-state index contributed by atoms with van der Waals surface area (Å²) in [7, 11) is 0. The molecule has 4 aromatic rings. The van der Waals surface area contributed by atoms with Gasteiger partial charge in [0, 0.05) is 22.4 Å². The predicted octanol–water partition coefficient (Wildman–Crippen LogP) is 6.00. The Balaban J connectivity index is 1.92. The minimum absolute atomic E-state index is 0.713. The highest BCUT2D eigenvalue weighted by Gasteiger charge is 2.35. The first-order chi connectivity index (χ1) is 11.4. The monoisotopic (exact) mass is 297 g/mol. The quantitative estimate of drug-likeness (QED) is 0.351. The summed E-state index contributed by atoms with van der Waals surface area (Å²) in [6.45, 7) is 0. The molecule has 0 radical (unpaired) electrons. The number of benzene rings is 2. The third-order valence-electron chi connectivity index (χ3n) is 6.24. The summed E-state index contributed by atoms with van der Waals surface area (Å²) in [5.74, 6) is 1.43. The van der Waals surface area contributed by atoms with Crippen molar-refractivity contribution in [3.05, 3.63) is 65.9 Å². The Labute approximate surface area is 135 Å². The van der Waals surface area contributed by atoms with Crippen LogP contribution in [-0.2, 0) is 0 Å². The maximum atomic E-state index is 2.58. The molecular weight excluding hydrogens is 278 g/mol. The van der Waals surface area contributed by atoms with E-state index < -0.39 is 0 Å². The van der Waals surface area contributed by atoms with E-state index in [2.05, 4.69) is 59.0 Å². The fraction of sp³-hybridized carbons (Fsp3) is 0.273. The van der Waals surface area contributed by atoms with Crippen molar-refractivity contribution in [3.8, 4) is 0 Å². The molecule has 1 nitrogen and oxygen atoms in total. The molecule has 2 atom stereocenters. The van der Waals surface area contributed by atoms with E-state index in [1.165, 1.54) is 52.9 Å². The van der Waals surface area contributed by atoms with Gasteiger partial charge in [-0.1, -0.05) is 55.3 Å². The topological polar surface area (TPSA) is 4.41 Å². The smallest absolute Gasteiger partial charge is 0.0572 e. The number of nitrogens with zero attached hydrogens (tertiary/aromatic N) is 1. The molecule has 2 unspecified atom stereocenters. The van der Waals surface area contributed by atoms with Gasteiger partial charge in [0.2, 0.25) is 0 Å². The maximum absolute atomic E-state index is 2.58. The Morgan fingerprint density at radius 1 is 0.696 bits per heavy atom. The minimum atomic E-state index is 0.713. The van der Waals surface area contributed by atoms with E-state index in [0.29, 0.717) is 5.92 Å². The Bertz CT molecular complexity index is 1090. The van der Waals surface area contributed by atoms with Crippen molar-refractivity contribution in [2.75, 3.05) is 0 Å². The summed E-state index contributed by atoms with van der Waals surface area (Å²) in [5.41, 5.74) is 6.01. The van der Waals surface area contributed by atoms with Gasteiger partial charge in [0.25, 0.3) is 0 Å². The van der Waals surface area contributed by atoms with Crippen LogP contribution in [-0.4, -0.2) is 4.40 Å². The molecule has 2 aliphatic rings. The van der Waals surface area contributed by atoms with Crippen LogP contribution in [0.25, 0.3) is 27.2 Å². The van der Waals surface area contributed by atoms with Gasteiger partial charge in [-0.2, -0.15) is 0 Å². The van der Waals surface area contributed by atoms with Gasteiger partial charge in [-0.25, -0.2) is 0 Å². The fourth-order valence-corrected chi connectivity index (χ4v) is 5.33. The molecule has 0 amide bonds. The molecule has 1 aliphatic carbocycles. The minimum Gasteiger partial charge on any atom is -0.312 e. The fourth-order valence-electron chi connectivity index (χ4n) is 5.33. The number of para-hydroxylation sites is 1. The van der Waals surface area contributed by atoms with Crippen molar-refractivity contribution < 1.29 is 0 Å². The van der Waals surface area contributed by atoms with Crippen molar-refractivity contribution in [3.63, 3.8) is 0 Å². The molecule has 1 heteroatoms. The lowest BCUT2D eigenvalue weighted by Crippen LogP contribution is -2.22. The first-order valence-electron chi connectivity index (χ1n) is 8.88. The van der Waals surface area contributed by atoms with Gasteiger partial charge in [0.1, 0.15) is 0 Å². The highest BCUT2D eigenvalue weighted by atomic mass is 14.9. The summed E-state index contributed by atoms with van der Waals surface area (Å²) in [4.78, 5) is 0. The molecule has 0 bridgehead atoms. The summed E-state index contributed by atoms with van der Waals surface area (Å²) in [5, 5.41) is 4.21. The molecule has 1 aliphatic heterocycles. The Hall–Kier alpha value is -2.28. The normalized spacial score (nSPS) is 23.0. The molecule has 3 heterocycles. The first-order valence-corrected chi connectivity index (χ1v) is 8.88. The van der Waals surface area contributed by atoms with Gasteiger partial charge in [-0.3, -0.25) is 0 Å². The molecule has 23 heavy (non-hydrogen) atoms. The van der Waals surface area contributed by atoms with Crippen molar-refractivity contribution in [2.24, 2.45) is 0 Å². The number of hydrogen-bond acceptors (Lipinski definition) is 0. The summed E-state index contributed by atoms with van der Waals surface area (Å²) < 4.78 is 2.58. The molecule has 2 aromatic carbocycles. The molecule has 6 rings (SSSR count). The average Bonchev–Trinajstić information content (AvgIpc) is 3.07. The molecule has 1 saturated carbocycles. The van der Waals surface area contributed by atoms with Crippen LogP contribution in [0, 0.1) is 0 Å². The lowest BCUT2D eigenvalue weighted by Gasteiger charge is -2.37. The summed E-state index contributed by atoms with van der Waals surface area (Å²) >= 11 is 0. The van der Waals surface area contributed by atoms with E-state index in [9.17, 15) is 0 Å². The Kier molecular flexibility index (Phi) is 2.21. The zero-order chi connectivity index (χ0) is 15.0. The number of pyridine rings is 1. The van der Waals surface area contributed by atoms with E-state index in [4.69, 9.17) is 0 Å². The van der Waals surface area contributed by atoms with E-state index in [0.717, 1.165) is 5.92 Å². The number of hydrogen-bond donors (Lipinski definition) is 0. The third kappa shape index (κ3) is 1.39. The number of rotatable bonds is 0. The van der Waals surface area contributed by atoms with Crippen LogP contribution >= 0.6 is 0 Å². The van der Waals surface area contributed by atoms with Crippen LogP contribution < -0.4 is 0 Å². The second kappa shape index (κ2) is 4.17. The molecular formula is C22H19N. The highest BCUT2D eigenvalue weighted by Crippen LogP contribution is 2.50. The van der Waals surface area contributed by atoms with Crippen LogP contribution in [0.5, 0.6) is 0 Å². The average molecular weight is 297 g/mol. The molecule has 2 aromatic heterocycles. The van der Waals surface area contributed by atoms with Gasteiger partial charge in [-0.15, -0.1) is 0 Å². The van der Waals surface area contributed by atoms with Crippen molar-refractivity contribution in [2.45, 2.75) is 37.5 Å².